The Labute approximate surface area is 126 Å². The standard InChI is InChI=1S/C19H21NO/c1-3-13(2)14-4-6-15(7-5-14)16-8-10-18-17(12-16)9-11-19(21)20-18/h4-8,10,12-13H,3,9,11H2,1-2H3,(H,20,21). The van der Waals surface area contributed by atoms with Gasteiger partial charge in [-0.05, 0) is 53.1 Å². The molecule has 1 atom stereocenters. The normalized spacial score (nSPS) is 15.2. The minimum absolute atomic E-state index is 0.119. The first-order valence-electron chi connectivity index (χ1n) is 7.70. The molecule has 0 aromatic heterocycles. The highest BCUT2D eigenvalue weighted by Gasteiger charge is 2.15. The molecule has 0 radical (unpaired) electrons. The number of nitrogens with one attached hydrogen (secondary N) is 1. The molecule has 21 heavy (non-hydrogen) atoms. The monoisotopic (exact) mass is 279 g/mol. The minimum Gasteiger partial charge on any atom is -0.326 e. The van der Waals surface area contributed by atoms with Gasteiger partial charge in [0.05, 0.1) is 0 Å². The van der Waals surface area contributed by atoms with Crippen molar-refractivity contribution in [2.45, 2.75) is 39.0 Å². The van der Waals surface area contributed by atoms with E-state index in [9.17, 15) is 4.79 Å². The van der Waals surface area contributed by atoms with E-state index in [0.29, 0.717) is 12.3 Å². The van der Waals surface area contributed by atoms with Gasteiger partial charge in [0.2, 0.25) is 5.91 Å². The molecule has 0 saturated carbocycles. The number of hydrogen-bond donors (Lipinski definition) is 1. The lowest BCUT2D eigenvalue weighted by Crippen LogP contribution is -2.18. The quantitative estimate of drug-likeness (QED) is 0.863. The van der Waals surface area contributed by atoms with Crippen molar-refractivity contribution >= 4 is 11.6 Å². The van der Waals surface area contributed by atoms with Crippen LogP contribution in [0.5, 0.6) is 0 Å². The zero-order valence-corrected chi connectivity index (χ0v) is 12.6. The molecule has 0 spiro atoms. The average Bonchev–Trinajstić information content (AvgIpc) is 2.53. The summed E-state index contributed by atoms with van der Waals surface area (Å²) in [5, 5.41) is 2.93. The Bertz CT molecular complexity index is 658. The molecule has 0 aliphatic carbocycles. The Morgan fingerprint density at radius 1 is 1.05 bits per heavy atom. The van der Waals surface area contributed by atoms with Gasteiger partial charge in [0.1, 0.15) is 0 Å². The first kappa shape index (κ1) is 13.9. The number of carbonyl (C=O) groups is 1. The van der Waals surface area contributed by atoms with Crippen molar-refractivity contribution in [2.75, 3.05) is 5.32 Å². The second-order valence-corrected chi connectivity index (χ2v) is 5.85. The lowest BCUT2D eigenvalue weighted by Gasteiger charge is -2.18. The lowest BCUT2D eigenvalue weighted by molar-refractivity contribution is -0.116. The summed E-state index contributed by atoms with van der Waals surface area (Å²) in [5.74, 6) is 0.728. The minimum atomic E-state index is 0.119. The van der Waals surface area contributed by atoms with E-state index in [-0.39, 0.29) is 5.91 Å². The molecule has 2 aromatic carbocycles. The maximum absolute atomic E-state index is 11.4. The number of anilines is 1. The Morgan fingerprint density at radius 3 is 2.48 bits per heavy atom. The summed E-state index contributed by atoms with van der Waals surface area (Å²) in [5.41, 5.74) is 6.05. The van der Waals surface area contributed by atoms with E-state index in [4.69, 9.17) is 0 Å². The van der Waals surface area contributed by atoms with E-state index in [1.165, 1.54) is 22.3 Å². The Hall–Kier alpha value is -2.09. The number of hydrogen-bond acceptors (Lipinski definition) is 1. The highest BCUT2D eigenvalue weighted by Crippen LogP contribution is 2.29. The van der Waals surface area contributed by atoms with Gasteiger partial charge in [0, 0.05) is 12.1 Å². The van der Waals surface area contributed by atoms with Gasteiger partial charge in [0.15, 0.2) is 0 Å². The van der Waals surface area contributed by atoms with Crippen LogP contribution in [0.4, 0.5) is 5.69 Å². The molecule has 1 N–H and O–H groups in total. The first-order chi connectivity index (χ1) is 10.2. The van der Waals surface area contributed by atoms with Gasteiger partial charge in [-0.2, -0.15) is 0 Å². The average molecular weight is 279 g/mol. The molecule has 108 valence electrons. The molecule has 2 aromatic rings. The van der Waals surface area contributed by atoms with Crippen molar-refractivity contribution in [1.82, 2.24) is 0 Å². The number of fused-ring (bicyclic) bond motifs is 1. The van der Waals surface area contributed by atoms with Crippen LogP contribution in [0.1, 0.15) is 43.7 Å². The van der Waals surface area contributed by atoms with Crippen LogP contribution >= 0.6 is 0 Å². The van der Waals surface area contributed by atoms with E-state index in [2.05, 4.69) is 55.6 Å². The second kappa shape index (κ2) is 5.72. The molecule has 0 bridgehead atoms. The molecule has 2 nitrogen and oxygen atoms in total. The fraction of sp³-hybridized carbons (Fsp3) is 0.316. The number of rotatable bonds is 3. The highest BCUT2D eigenvalue weighted by atomic mass is 16.1. The van der Waals surface area contributed by atoms with Crippen LogP contribution < -0.4 is 5.32 Å². The maximum Gasteiger partial charge on any atom is 0.224 e. The van der Waals surface area contributed by atoms with Gasteiger partial charge in [-0.1, -0.05) is 44.2 Å². The lowest BCUT2D eigenvalue weighted by atomic mass is 9.94. The molecule has 1 amide bonds. The van der Waals surface area contributed by atoms with E-state index in [1.54, 1.807) is 0 Å². The third-order valence-electron chi connectivity index (χ3n) is 4.43. The summed E-state index contributed by atoms with van der Waals surface area (Å²) in [6.07, 6.45) is 2.58. The fourth-order valence-corrected chi connectivity index (χ4v) is 2.80. The zero-order valence-electron chi connectivity index (χ0n) is 12.6. The van der Waals surface area contributed by atoms with Crippen molar-refractivity contribution in [3.05, 3.63) is 53.6 Å². The summed E-state index contributed by atoms with van der Waals surface area (Å²) in [4.78, 5) is 11.4. The van der Waals surface area contributed by atoms with E-state index in [0.717, 1.165) is 18.5 Å². The van der Waals surface area contributed by atoms with Crippen LogP contribution in [0.25, 0.3) is 11.1 Å². The van der Waals surface area contributed by atoms with Crippen LogP contribution in [0, 0.1) is 0 Å². The zero-order chi connectivity index (χ0) is 14.8. The topological polar surface area (TPSA) is 29.1 Å². The van der Waals surface area contributed by atoms with E-state index < -0.39 is 0 Å². The van der Waals surface area contributed by atoms with Crippen LogP contribution in [0.15, 0.2) is 42.5 Å². The van der Waals surface area contributed by atoms with Crippen molar-refractivity contribution in [3.8, 4) is 11.1 Å². The molecule has 0 saturated heterocycles. The predicted octanol–water partition coefficient (Wildman–Crippen LogP) is 4.75. The largest absolute Gasteiger partial charge is 0.326 e. The molecule has 3 rings (SSSR count). The fourth-order valence-electron chi connectivity index (χ4n) is 2.80. The third kappa shape index (κ3) is 2.85. The van der Waals surface area contributed by atoms with E-state index in [1.807, 2.05) is 6.07 Å². The van der Waals surface area contributed by atoms with Gasteiger partial charge in [-0.25, -0.2) is 0 Å². The molecule has 1 aliphatic heterocycles. The van der Waals surface area contributed by atoms with Crippen molar-refractivity contribution in [2.24, 2.45) is 0 Å². The molecular formula is C19H21NO. The predicted molar refractivity (Wildman–Crippen MR) is 87.5 cm³/mol. The first-order valence-corrected chi connectivity index (χ1v) is 7.70. The van der Waals surface area contributed by atoms with Crippen LogP contribution in [-0.2, 0) is 11.2 Å². The Morgan fingerprint density at radius 2 is 1.76 bits per heavy atom. The Kier molecular flexibility index (Phi) is 3.78. The highest BCUT2D eigenvalue weighted by molar-refractivity contribution is 5.94. The van der Waals surface area contributed by atoms with Crippen LogP contribution in [0.3, 0.4) is 0 Å². The van der Waals surface area contributed by atoms with Crippen LogP contribution in [-0.4, -0.2) is 5.91 Å². The molecule has 1 unspecified atom stereocenters. The summed E-state index contributed by atoms with van der Waals surface area (Å²) in [7, 11) is 0. The third-order valence-corrected chi connectivity index (χ3v) is 4.43. The number of benzene rings is 2. The summed E-state index contributed by atoms with van der Waals surface area (Å²) < 4.78 is 0. The molecule has 0 fully saturated rings. The smallest absolute Gasteiger partial charge is 0.224 e. The van der Waals surface area contributed by atoms with Crippen molar-refractivity contribution in [3.63, 3.8) is 0 Å². The number of amides is 1. The molecule has 1 aliphatic rings. The van der Waals surface area contributed by atoms with Gasteiger partial charge in [-0.3, -0.25) is 4.79 Å². The number of aryl methyl sites for hydroxylation is 1. The van der Waals surface area contributed by atoms with Crippen LogP contribution in [0.2, 0.25) is 0 Å². The SMILES string of the molecule is CCC(C)c1ccc(-c2ccc3c(c2)CCC(=O)N3)cc1. The molecule has 2 heteroatoms. The maximum atomic E-state index is 11.4. The van der Waals surface area contributed by atoms with Crippen molar-refractivity contribution in [1.29, 1.82) is 0 Å². The summed E-state index contributed by atoms with van der Waals surface area (Å²) >= 11 is 0. The molecular weight excluding hydrogens is 258 g/mol. The second-order valence-electron chi connectivity index (χ2n) is 5.85. The summed E-state index contributed by atoms with van der Waals surface area (Å²) in [6, 6.07) is 15.2. The van der Waals surface area contributed by atoms with E-state index >= 15 is 0 Å². The van der Waals surface area contributed by atoms with Crippen molar-refractivity contribution < 1.29 is 4.79 Å². The van der Waals surface area contributed by atoms with Gasteiger partial charge < -0.3 is 5.32 Å². The summed E-state index contributed by atoms with van der Waals surface area (Å²) in [6.45, 7) is 4.48. The van der Waals surface area contributed by atoms with Gasteiger partial charge >= 0.3 is 0 Å². The Balaban J connectivity index is 1.89. The van der Waals surface area contributed by atoms with Gasteiger partial charge in [-0.15, -0.1) is 0 Å². The molecule has 1 heterocycles. The van der Waals surface area contributed by atoms with Gasteiger partial charge in [0.25, 0.3) is 0 Å². The number of carbonyl (C=O) groups excluding carboxylic acids is 1.